The highest BCUT2D eigenvalue weighted by Crippen LogP contribution is 2.30. The minimum atomic E-state index is 0.764. The van der Waals surface area contributed by atoms with Gasteiger partial charge in [-0.05, 0) is 38.1 Å². The summed E-state index contributed by atoms with van der Waals surface area (Å²) in [6.07, 6.45) is 6.79. The molecule has 3 heteroatoms. The third kappa shape index (κ3) is 4.40. The van der Waals surface area contributed by atoms with Gasteiger partial charge in [-0.3, -0.25) is 11.3 Å². The van der Waals surface area contributed by atoms with E-state index in [-0.39, 0.29) is 0 Å². The number of hydrogen-bond acceptors (Lipinski definition) is 3. The van der Waals surface area contributed by atoms with Crippen LogP contribution >= 0.6 is 0 Å². The molecule has 0 unspecified atom stereocenters. The van der Waals surface area contributed by atoms with Gasteiger partial charge in [-0.1, -0.05) is 26.7 Å². The van der Waals surface area contributed by atoms with Gasteiger partial charge >= 0.3 is 0 Å². The molecule has 16 heavy (non-hydrogen) atoms. The lowest BCUT2D eigenvalue weighted by Gasteiger charge is -2.39. The predicted octanol–water partition coefficient (Wildman–Crippen LogP) is 1.99. The molecular formula is C13H29N3. The second kappa shape index (κ2) is 7.25. The highest BCUT2D eigenvalue weighted by Gasteiger charge is 2.27. The summed E-state index contributed by atoms with van der Waals surface area (Å²) in [7, 11) is 2.29. The van der Waals surface area contributed by atoms with Crippen LogP contribution in [0.2, 0.25) is 0 Å². The van der Waals surface area contributed by atoms with Crippen LogP contribution in [0.15, 0.2) is 0 Å². The molecule has 96 valence electrons. The number of nitrogens with one attached hydrogen (secondary N) is 1. The van der Waals surface area contributed by atoms with Crippen molar-refractivity contribution in [2.24, 2.45) is 17.7 Å². The maximum absolute atomic E-state index is 5.38. The Labute approximate surface area is 101 Å². The fraction of sp³-hybridized carbons (Fsp3) is 1.00. The average molecular weight is 227 g/mol. The van der Waals surface area contributed by atoms with Gasteiger partial charge in [-0.25, -0.2) is 0 Å². The summed E-state index contributed by atoms with van der Waals surface area (Å²) in [5.41, 5.74) is 2.80. The fourth-order valence-corrected chi connectivity index (χ4v) is 3.09. The molecule has 0 amide bonds. The Kier molecular flexibility index (Phi) is 6.32. The average Bonchev–Trinajstić information content (AvgIpc) is 2.25. The number of hydrogen-bond donors (Lipinski definition) is 2. The van der Waals surface area contributed by atoms with E-state index in [4.69, 9.17) is 5.84 Å². The molecule has 0 aromatic carbocycles. The number of nitrogens with two attached hydrogens (primary N) is 1. The molecule has 1 saturated carbocycles. The Hall–Kier alpha value is -0.120. The van der Waals surface area contributed by atoms with Crippen LogP contribution in [-0.2, 0) is 0 Å². The largest absolute Gasteiger partial charge is 0.303 e. The highest BCUT2D eigenvalue weighted by atomic mass is 15.2. The Bertz CT molecular complexity index is 182. The Morgan fingerprint density at radius 3 is 2.62 bits per heavy atom. The minimum absolute atomic E-state index is 0.764. The lowest BCUT2D eigenvalue weighted by atomic mass is 9.81. The van der Waals surface area contributed by atoms with Gasteiger partial charge in [0.2, 0.25) is 0 Å². The molecule has 1 aliphatic carbocycles. The monoisotopic (exact) mass is 227 g/mol. The fourth-order valence-electron chi connectivity index (χ4n) is 3.09. The highest BCUT2D eigenvalue weighted by molar-refractivity contribution is 4.82. The molecule has 0 spiro atoms. The minimum Gasteiger partial charge on any atom is -0.303 e. The first kappa shape index (κ1) is 13.9. The Morgan fingerprint density at radius 2 is 2.00 bits per heavy atom. The van der Waals surface area contributed by atoms with E-state index in [0.29, 0.717) is 0 Å². The molecule has 0 saturated heterocycles. The van der Waals surface area contributed by atoms with Crippen molar-refractivity contribution in [3.8, 4) is 0 Å². The maximum atomic E-state index is 5.38. The number of nitrogens with zero attached hydrogens (tertiary/aromatic N) is 1. The summed E-state index contributed by atoms with van der Waals surface area (Å²) in [5, 5.41) is 0. The predicted molar refractivity (Wildman–Crippen MR) is 70.0 cm³/mol. The van der Waals surface area contributed by atoms with Gasteiger partial charge in [-0.15, -0.1) is 0 Å². The molecule has 3 nitrogen and oxygen atoms in total. The lowest BCUT2D eigenvalue weighted by Crippen LogP contribution is -2.43. The van der Waals surface area contributed by atoms with Crippen molar-refractivity contribution >= 4 is 0 Å². The summed E-state index contributed by atoms with van der Waals surface area (Å²) >= 11 is 0. The summed E-state index contributed by atoms with van der Waals surface area (Å²) in [6, 6.07) is 0.782. The molecule has 0 bridgehead atoms. The second-order valence-corrected chi connectivity index (χ2v) is 5.69. The van der Waals surface area contributed by atoms with Gasteiger partial charge in [0.25, 0.3) is 0 Å². The van der Waals surface area contributed by atoms with Crippen molar-refractivity contribution < 1.29 is 0 Å². The van der Waals surface area contributed by atoms with Crippen molar-refractivity contribution in [3.63, 3.8) is 0 Å². The van der Waals surface area contributed by atoms with E-state index >= 15 is 0 Å². The van der Waals surface area contributed by atoms with Crippen LogP contribution in [0, 0.1) is 11.8 Å². The van der Waals surface area contributed by atoms with Crippen LogP contribution in [0.1, 0.15) is 46.0 Å². The number of rotatable bonds is 6. The zero-order valence-corrected chi connectivity index (χ0v) is 11.2. The summed E-state index contributed by atoms with van der Waals surface area (Å²) in [4.78, 5) is 2.57. The summed E-state index contributed by atoms with van der Waals surface area (Å²) in [5.74, 6) is 6.99. The molecular weight excluding hydrogens is 198 g/mol. The van der Waals surface area contributed by atoms with Gasteiger partial charge in [0.05, 0.1) is 0 Å². The molecule has 0 aromatic heterocycles. The maximum Gasteiger partial charge on any atom is 0.0121 e. The molecule has 0 heterocycles. The van der Waals surface area contributed by atoms with Gasteiger partial charge < -0.3 is 4.90 Å². The van der Waals surface area contributed by atoms with E-state index in [1.165, 1.54) is 38.6 Å². The third-order valence-corrected chi connectivity index (χ3v) is 3.75. The van der Waals surface area contributed by atoms with Gasteiger partial charge in [0.1, 0.15) is 0 Å². The molecule has 0 aliphatic heterocycles. The molecule has 0 aromatic rings. The quantitative estimate of drug-likeness (QED) is 0.538. The van der Waals surface area contributed by atoms with Crippen molar-refractivity contribution in [1.82, 2.24) is 10.3 Å². The second-order valence-electron chi connectivity index (χ2n) is 5.69. The molecule has 0 radical (unpaired) electrons. The Morgan fingerprint density at radius 1 is 1.31 bits per heavy atom. The van der Waals surface area contributed by atoms with E-state index < -0.39 is 0 Å². The van der Waals surface area contributed by atoms with Gasteiger partial charge in [0.15, 0.2) is 0 Å². The first-order chi connectivity index (χ1) is 7.65. The van der Waals surface area contributed by atoms with Crippen LogP contribution in [0.4, 0.5) is 0 Å². The van der Waals surface area contributed by atoms with E-state index in [2.05, 4.69) is 31.2 Å². The van der Waals surface area contributed by atoms with Crippen molar-refractivity contribution in [1.29, 1.82) is 0 Å². The van der Waals surface area contributed by atoms with Crippen LogP contribution in [0.5, 0.6) is 0 Å². The standard InChI is InChI=1S/C13H29N3/c1-11(2)10-16(3)13-7-5-4-6-12(13)8-9-15-14/h11-13,15H,4-10,14H2,1-3H3/t12-,13-/m1/s1. The molecule has 2 atom stereocenters. The van der Waals surface area contributed by atoms with Crippen LogP contribution < -0.4 is 11.3 Å². The molecule has 3 N–H and O–H groups in total. The van der Waals surface area contributed by atoms with E-state index in [0.717, 1.165) is 24.4 Å². The molecule has 1 fully saturated rings. The lowest BCUT2D eigenvalue weighted by molar-refractivity contribution is 0.112. The SMILES string of the molecule is CC(C)CN(C)[C@@H]1CCCC[C@@H]1CCNN. The van der Waals surface area contributed by atoms with Crippen LogP contribution in [0.3, 0.4) is 0 Å². The smallest absolute Gasteiger partial charge is 0.0121 e. The van der Waals surface area contributed by atoms with Crippen LogP contribution in [-0.4, -0.2) is 31.1 Å². The van der Waals surface area contributed by atoms with Gasteiger partial charge in [-0.2, -0.15) is 0 Å². The summed E-state index contributed by atoms with van der Waals surface area (Å²) < 4.78 is 0. The van der Waals surface area contributed by atoms with E-state index in [1.54, 1.807) is 0 Å². The van der Waals surface area contributed by atoms with E-state index in [1.807, 2.05) is 0 Å². The molecule has 1 aliphatic rings. The topological polar surface area (TPSA) is 41.3 Å². The zero-order valence-electron chi connectivity index (χ0n) is 11.2. The van der Waals surface area contributed by atoms with Crippen molar-refractivity contribution in [3.05, 3.63) is 0 Å². The summed E-state index contributed by atoms with van der Waals surface area (Å²) in [6.45, 7) is 6.78. The number of hydrazine groups is 1. The first-order valence-electron chi connectivity index (χ1n) is 6.78. The van der Waals surface area contributed by atoms with Crippen molar-refractivity contribution in [2.75, 3.05) is 20.1 Å². The normalized spacial score (nSPS) is 26.6. The van der Waals surface area contributed by atoms with Gasteiger partial charge in [0, 0.05) is 19.1 Å². The molecule has 1 rings (SSSR count). The van der Waals surface area contributed by atoms with Crippen molar-refractivity contribution in [2.45, 2.75) is 52.0 Å². The zero-order chi connectivity index (χ0) is 12.0. The van der Waals surface area contributed by atoms with E-state index in [9.17, 15) is 0 Å². The third-order valence-electron chi connectivity index (χ3n) is 3.75. The first-order valence-corrected chi connectivity index (χ1v) is 6.78. The Balaban J connectivity index is 2.45. The van der Waals surface area contributed by atoms with Crippen LogP contribution in [0.25, 0.3) is 0 Å².